The second-order valence-corrected chi connectivity index (χ2v) is 4.32. The number of nitrogens with two attached hydrogens (primary N) is 1. The first-order valence-corrected chi connectivity index (χ1v) is 5.49. The monoisotopic (exact) mass is 327 g/mol. The Morgan fingerprint density at radius 2 is 2.25 bits per heavy atom. The van der Waals surface area contributed by atoms with Crippen molar-refractivity contribution in [3.8, 4) is 0 Å². The zero-order chi connectivity index (χ0) is 11.4. The number of rotatable bonds is 3. The third-order valence-corrected chi connectivity index (χ3v) is 3.20. The lowest BCUT2D eigenvalue weighted by atomic mass is 10.1. The van der Waals surface area contributed by atoms with E-state index in [-0.39, 0.29) is 30.8 Å². The standard InChI is InChI=1S/C10H11BrClNO2.ClH/c1-15-10(14)5-9(13)6-2-3-8(12)7(11)4-6;/h2-4,9H,5,13H2,1H3;1H/t9-;/m1./s1. The van der Waals surface area contributed by atoms with E-state index in [0.29, 0.717) is 5.02 Å². The summed E-state index contributed by atoms with van der Waals surface area (Å²) >= 11 is 9.13. The van der Waals surface area contributed by atoms with Gasteiger partial charge in [0.25, 0.3) is 0 Å². The van der Waals surface area contributed by atoms with Crippen LogP contribution in [0.3, 0.4) is 0 Å². The molecular weight excluding hydrogens is 317 g/mol. The summed E-state index contributed by atoms with van der Waals surface area (Å²) in [5.41, 5.74) is 6.67. The highest BCUT2D eigenvalue weighted by molar-refractivity contribution is 9.10. The van der Waals surface area contributed by atoms with E-state index in [1.807, 2.05) is 0 Å². The Labute approximate surface area is 114 Å². The van der Waals surface area contributed by atoms with Gasteiger partial charge in [-0.1, -0.05) is 17.7 Å². The van der Waals surface area contributed by atoms with Gasteiger partial charge in [0, 0.05) is 10.5 Å². The molecule has 16 heavy (non-hydrogen) atoms. The SMILES string of the molecule is COC(=O)C[C@@H](N)c1ccc(Cl)c(Br)c1.Cl. The van der Waals surface area contributed by atoms with Gasteiger partial charge in [-0.15, -0.1) is 12.4 Å². The molecule has 2 N–H and O–H groups in total. The summed E-state index contributed by atoms with van der Waals surface area (Å²) in [6.07, 6.45) is 0.157. The van der Waals surface area contributed by atoms with Gasteiger partial charge in [0.1, 0.15) is 0 Å². The molecule has 0 saturated heterocycles. The Bertz CT molecular complexity index is 374. The zero-order valence-electron chi connectivity index (χ0n) is 8.57. The number of carbonyl (C=O) groups is 1. The van der Waals surface area contributed by atoms with Crippen molar-refractivity contribution in [1.29, 1.82) is 0 Å². The highest BCUT2D eigenvalue weighted by atomic mass is 79.9. The Morgan fingerprint density at radius 3 is 2.75 bits per heavy atom. The molecule has 1 aromatic carbocycles. The maximum atomic E-state index is 11.0. The van der Waals surface area contributed by atoms with Crippen LogP contribution in [0, 0.1) is 0 Å². The van der Waals surface area contributed by atoms with Gasteiger partial charge in [0.05, 0.1) is 18.6 Å². The topological polar surface area (TPSA) is 52.3 Å². The van der Waals surface area contributed by atoms with E-state index in [2.05, 4.69) is 20.7 Å². The molecule has 1 aromatic rings. The fraction of sp³-hybridized carbons (Fsp3) is 0.300. The number of methoxy groups -OCH3 is 1. The lowest BCUT2D eigenvalue weighted by Gasteiger charge is -2.11. The average molecular weight is 329 g/mol. The van der Waals surface area contributed by atoms with Crippen molar-refractivity contribution in [2.24, 2.45) is 5.73 Å². The minimum atomic E-state index is -0.369. The lowest BCUT2D eigenvalue weighted by Crippen LogP contribution is -2.16. The third-order valence-electron chi connectivity index (χ3n) is 1.99. The van der Waals surface area contributed by atoms with E-state index in [0.717, 1.165) is 10.0 Å². The number of carbonyl (C=O) groups excluding carboxylic acids is 1. The number of esters is 1. The van der Waals surface area contributed by atoms with Crippen LogP contribution in [0.1, 0.15) is 18.0 Å². The van der Waals surface area contributed by atoms with E-state index < -0.39 is 0 Å². The predicted octanol–water partition coefficient (Wildman–Crippen LogP) is 3.09. The largest absolute Gasteiger partial charge is 0.469 e. The summed E-state index contributed by atoms with van der Waals surface area (Å²) in [7, 11) is 1.34. The minimum absolute atomic E-state index is 0. The second kappa shape index (κ2) is 7.12. The highest BCUT2D eigenvalue weighted by Gasteiger charge is 2.12. The van der Waals surface area contributed by atoms with Crippen molar-refractivity contribution in [1.82, 2.24) is 0 Å². The van der Waals surface area contributed by atoms with Crippen molar-refractivity contribution in [3.63, 3.8) is 0 Å². The zero-order valence-corrected chi connectivity index (χ0v) is 11.7. The van der Waals surface area contributed by atoms with Gasteiger partial charge in [-0.25, -0.2) is 0 Å². The maximum absolute atomic E-state index is 11.0. The normalized spacial score (nSPS) is 11.5. The van der Waals surface area contributed by atoms with Crippen LogP contribution in [-0.2, 0) is 9.53 Å². The van der Waals surface area contributed by atoms with E-state index in [1.165, 1.54) is 7.11 Å². The van der Waals surface area contributed by atoms with Gasteiger partial charge in [0.15, 0.2) is 0 Å². The van der Waals surface area contributed by atoms with Gasteiger partial charge >= 0.3 is 5.97 Å². The number of halogens is 3. The summed E-state index contributed by atoms with van der Waals surface area (Å²) in [6, 6.07) is 4.96. The van der Waals surface area contributed by atoms with E-state index in [9.17, 15) is 4.79 Å². The first-order valence-electron chi connectivity index (χ1n) is 4.32. The van der Waals surface area contributed by atoms with Crippen molar-refractivity contribution < 1.29 is 9.53 Å². The van der Waals surface area contributed by atoms with E-state index >= 15 is 0 Å². The van der Waals surface area contributed by atoms with Gasteiger partial charge < -0.3 is 10.5 Å². The molecule has 1 atom stereocenters. The van der Waals surface area contributed by atoms with Crippen LogP contribution in [0.4, 0.5) is 0 Å². The molecule has 0 bridgehead atoms. The fourth-order valence-electron chi connectivity index (χ4n) is 1.12. The molecule has 0 heterocycles. The second-order valence-electron chi connectivity index (χ2n) is 3.06. The molecule has 1 rings (SSSR count). The van der Waals surface area contributed by atoms with Gasteiger partial charge in [-0.2, -0.15) is 0 Å². The molecule has 0 fully saturated rings. The van der Waals surface area contributed by atoms with Crippen LogP contribution in [0.2, 0.25) is 5.02 Å². The molecule has 0 aromatic heterocycles. The Kier molecular flexibility index (Phi) is 6.99. The summed E-state index contributed by atoms with van der Waals surface area (Å²) < 4.78 is 5.31. The first-order chi connectivity index (χ1) is 7.04. The summed E-state index contributed by atoms with van der Waals surface area (Å²) in [5.74, 6) is -0.325. The number of benzene rings is 1. The van der Waals surface area contributed by atoms with E-state index in [1.54, 1.807) is 18.2 Å². The molecular formula is C10H12BrCl2NO2. The van der Waals surface area contributed by atoms with Gasteiger partial charge in [0.2, 0.25) is 0 Å². The molecule has 0 aliphatic heterocycles. The van der Waals surface area contributed by atoms with Crippen molar-refractivity contribution >= 4 is 45.9 Å². The molecule has 0 unspecified atom stereocenters. The molecule has 6 heteroatoms. The molecule has 90 valence electrons. The van der Waals surface area contributed by atoms with Crippen molar-refractivity contribution in [3.05, 3.63) is 33.3 Å². The quantitative estimate of drug-likeness (QED) is 0.867. The summed E-state index contributed by atoms with van der Waals surface area (Å²) in [5, 5.41) is 0.615. The van der Waals surface area contributed by atoms with Gasteiger partial charge in [-0.3, -0.25) is 4.79 Å². The fourth-order valence-corrected chi connectivity index (χ4v) is 1.64. The molecule has 0 amide bonds. The number of hydrogen-bond acceptors (Lipinski definition) is 3. The third kappa shape index (κ3) is 4.29. The summed E-state index contributed by atoms with van der Waals surface area (Å²) in [4.78, 5) is 11.0. The Hall–Kier alpha value is -0.290. The minimum Gasteiger partial charge on any atom is -0.469 e. The van der Waals surface area contributed by atoms with Crippen LogP contribution in [0.15, 0.2) is 22.7 Å². The van der Waals surface area contributed by atoms with Gasteiger partial charge in [-0.05, 0) is 33.6 Å². The average Bonchev–Trinajstić information content (AvgIpc) is 2.21. The molecule has 3 nitrogen and oxygen atoms in total. The van der Waals surface area contributed by atoms with Crippen LogP contribution < -0.4 is 5.73 Å². The van der Waals surface area contributed by atoms with Crippen molar-refractivity contribution in [2.75, 3.05) is 7.11 Å². The van der Waals surface area contributed by atoms with Crippen LogP contribution >= 0.6 is 39.9 Å². The number of ether oxygens (including phenoxy) is 1. The lowest BCUT2D eigenvalue weighted by molar-refractivity contribution is -0.141. The van der Waals surface area contributed by atoms with Crippen LogP contribution in [0.25, 0.3) is 0 Å². The number of hydrogen-bond donors (Lipinski definition) is 1. The molecule has 0 spiro atoms. The molecule has 0 aliphatic rings. The Morgan fingerprint density at radius 1 is 1.62 bits per heavy atom. The van der Waals surface area contributed by atoms with Crippen molar-refractivity contribution in [2.45, 2.75) is 12.5 Å². The van der Waals surface area contributed by atoms with E-state index in [4.69, 9.17) is 17.3 Å². The predicted molar refractivity (Wildman–Crippen MR) is 70.0 cm³/mol. The maximum Gasteiger partial charge on any atom is 0.307 e. The Balaban J connectivity index is 0.00000225. The van der Waals surface area contributed by atoms with Crippen LogP contribution in [-0.4, -0.2) is 13.1 Å². The smallest absolute Gasteiger partial charge is 0.307 e. The summed E-state index contributed by atoms with van der Waals surface area (Å²) in [6.45, 7) is 0. The highest BCUT2D eigenvalue weighted by Crippen LogP contribution is 2.26. The first kappa shape index (κ1) is 15.7. The van der Waals surface area contributed by atoms with Crippen LogP contribution in [0.5, 0.6) is 0 Å². The molecule has 0 aliphatic carbocycles. The molecule has 0 saturated carbocycles. The molecule has 0 radical (unpaired) electrons.